The molecule has 110 valence electrons. The van der Waals surface area contributed by atoms with Gasteiger partial charge in [0.25, 0.3) is 5.56 Å². The lowest BCUT2D eigenvalue weighted by Gasteiger charge is -2.23. The predicted molar refractivity (Wildman–Crippen MR) is 83.7 cm³/mol. The van der Waals surface area contributed by atoms with E-state index in [9.17, 15) is 9.59 Å². The van der Waals surface area contributed by atoms with Gasteiger partial charge in [0.2, 0.25) is 5.91 Å². The summed E-state index contributed by atoms with van der Waals surface area (Å²) in [6.45, 7) is 1.05. The van der Waals surface area contributed by atoms with Gasteiger partial charge in [-0.25, -0.2) is 4.98 Å². The Morgan fingerprint density at radius 1 is 1.48 bits per heavy atom. The van der Waals surface area contributed by atoms with Crippen molar-refractivity contribution < 1.29 is 4.79 Å². The van der Waals surface area contributed by atoms with Crippen LogP contribution in [0.4, 0.5) is 0 Å². The van der Waals surface area contributed by atoms with Gasteiger partial charge >= 0.3 is 0 Å². The molecule has 0 bridgehead atoms. The molecule has 0 saturated carbocycles. The van der Waals surface area contributed by atoms with Crippen LogP contribution in [0.25, 0.3) is 0 Å². The molecule has 0 aromatic carbocycles. The Bertz CT molecular complexity index is 682. The Balaban J connectivity index is 1.57. The molecule has 2 aromatic heterocycles. The van der Waals surface area contributed by atoms with E-state index in [1.165, 1.54) is 28.9 Å². The smallest absolute Gasteiger partial charge is 0.254 e. The molecule has 0 aliphatic carbocycles. The van der Waals surface area contributed by atoms with Crippen molar-refractivity contribution in [1.82, 2.24) is 14.9 Å². The molecule has 1 N–H and O–H groups in total. The fourth-order valence-electron chi connectivity index (χ4n) is 2.22. The summed E-state index contributed by atoms with van der Waals surface area (Å²) < 4.78 is 1.58. The molecule has 3 rings (SSSR count). The third kappa shape index (κ3) is 3.36. The van der Waals surface area contributed by atoms with Crippen LogP contribution in [0.5, 0.6) is 0 Å². The van der Waals surface area contributed by atoms with Gasteiger partial charge in [-0.15, -0.1) is 11.3 Å². The number of hydrogen-bond donors (Lipinski definition) is 1. The van der Waals surface area contributed by atoms with Crippen molar-refractivity contribution in [3.05, 3.63) is 45.0 Å². The molecule has 2 aromatic rings. The first kappa shape index (κ1) is 14.3. The number of carbonyl (C=O) groups excluding carboxylic acids is 1. The molecule has 1 aliphatic heterocycles. The van der Waals surface area contributed by atoms with E-state index >= 15 is 0 Å². The summed E-state index contributed by atoms with van der Waals surface area (Å²) in [6, 6.07) is 5.51. The van der Waals surface area contributed by atoms with Crippen LogP contribution in [0.15, 0.2) is 39.7 Å². The van der Waals surface area contributed by atoms with Crippen LogP contribution in [-0.2, 0) is 17.8 Å². The molecular formula is C14H15N3O2S2. The second kappa shape index (κ2) is 6.44. The Morgan fingerprint density at radius 3 is 3.19 bits per heavy atom. The summed E-state index contributed by atoms with van der Waals surface area (Å²) in [5.41, 5.74) is -0.0939. The second-order valence-corrected chi connectivity index (χ2v) is 6.82. The summed E-state index contributed by atoms with van der Waals surface area (Å²) in [6.07, 6.45) is 2.37. The van der Waals surface area contributed by atoms with E-state index in [0.717, 1.165) is 6.42 Å². The number of nitrogens with zero attached hydrogens (tertiary/aromatic N) is 2. The maximum absolute atomic E-state index is 12.2. The molecule has 21 heavy (non-hydrogen) atoms. The third-order valence-electron chi connectivity index (χ3n) is 3.34. The predicted octanol–water partition coefficient (Wildman–Crippen LogP) is 1.39. The van der Waals surface area contributed by atoms with Crippen molar-refractivity contribution >= 4 is 29.0 Å². The number of aromatic nitrogens is 2. The average Bonchev–Trinajstić information content (AvgIpc) is 3.00. The molecule has 1 amide bonds. The van der Waals surface area contributed by atoms with Gasteiger partial charge in [-0.3, -0.25) is 14.2 Å². The molecule has 1 unspecified atom stereocenters. The highest BCUT2D eigenvalue weighted by molar-refractivity contribution is 7.99. The highest BCUT2D eigenvalue weighted by Gasteiger charge is 2.26. The van der Waals surface area contributed by atoms with E-state index in [2.05, 4.69) is 16.4 Å². The number of carbonyl (C=O) groups is 1. The molecule has 5 nitrogen and oxygen atoms in total. The first-order valence-corrected chi connectivity index (χ1v) is 8.59. The summed E-state index contributed by atoms with van der Waals surface area (Å²) in [7, 11) is 0. The second-order valence-electron chi connectivity index (χ2n) is 4.80. The maximum atomic E-state index is 12.2. The van der Waals surface area contributed by atoms with Crippen LogP contribution in [-0.4, -0.2) is 27.8 Å². The lowest BCUT2D eigenvalue weighted by Crippen LogP contribution is -2.40. The van der Waals surface area contributed by atoms with Crippen LogP contribution in [0.2, 0.25) is 0 Å². The minimum Gasteiger partial charge on any atom is -0.355 e. The van der Waals surface area contributed by atoms with E-state index < -0.39 is 0 Å². The van der Waals surface area contributed by atoms with E-state index in [1.807, 2.05) is 11.4 Å². The van der Waals surface area contributed by atoms with E-state index in [-0.39, 0.29) is 17.4 Å². The zero-order valence-corrected chi connectivity index (χ0v) is 13.0. The van der Waals surface area contributed by atoms with Gasteiger partial charge in [0.05, 0.1) is 5.92 Å². The molecule has 1 atom stereocenters. The molecule has 0 fully saturated rings. The molecule has 0 radical (unpaired) electrons. The van der Waals surface area contributed by atoms with Crippen LogP contribution < -0.4 is 10.9 Å². The van der Waals surface area contributed by atoms with Gasteiger partial charge in [0.15, 0.2) is 5.16 Å². The number of rotatable bonds is 4. The normalized spacial score (nSPS) is 17.2. The summed E-state index contributed by atoms with van der Waals surface area (Å²) in [4.78, 5) is 29.4. The Morgan fingerprint density at radius 2 is 2.38 bits per heavy atom. The molecule has 7 heteroatoms. The Hall–Kier alpha value is -1.60. The molecule has 1 aliphatic rings. The van der Waals surface area contributed by atoms with Gasteiger partial charge in [-0.1, -0.05) is 17.8 Å². The number of amides is 1. The van der Waals surface area contributed by atoms with Crippen LogP contribution in [0, 0.1) is 5.92 Å². The quantitative estimate of drug-likeness (QED) is 0.864. The van der Waals surface area contributed by atoms with Crippen molar-refractivity contribution in [2.45, 2.75) is 18.1 Å². The van der Waals surface area contributed by atoms with Gasteiger partial charge in [-0.2, -0.15) is 0 Å². The number of thioether (sulfide) groups is 1. The number of fused-ring (bicyclic) bond motifs is 1. The highest BCUT2D eigenvalue weighted by Crippen LogP contribution is 2.24. The largest absolute Gasteiger partial charge is 0.355 e. The monoisotopic (exact) mass is 321 g/mol. The van der Waals surface area contributed by atoms with Crippen molar-refractivity contribution in [3.63, 3.8) is 0 Å². The van der Waals surface area contributed by atoms with Gasteiger partial charge in [-0.05, 0) is 17.9 Å². The SMILES string of the molecule is O=C(NCCc1cccs1)C1CSc2nccc(=O)n2C1. The van der Waals surface area contributed by atoms with Crippen molar-refractivity contribution in [1.29, 1.82) is 0 Å². The van der Waals surface area contributed by atoms with Crippen LogP contribution in [0.1, 0.15) is 4.88 Å². The average molecular weight is 321 g/mol. The van der Waals surface area contributed by atoms with Crippen molar-refractivity contribution in [3.8, 4) is 0 Å². The highest BCUT2D eigenvalue weighted by atomic mass is 32.2. The number of thiophene rings is 1. The lowest BCUT2D eigenvalue weighted by atomic mass is 10.1. The minimum atomic E-state index is -0.173. The first-order chi connectivity index (χ1) is 10.2. The van der Waals surface area contributed by atoms with Crippen molar-refractivity contribution in [2.75, 3.05) is 12.3 Å². The van der Waals surface area contributed by atoms with E-state index in [1.54, 1.807) is 15.9 Å². The Labute approximate surface area is 130 Å². The zero-order valence-electron chi connectivity index (χ0n) is 11.3. The first-order valence-electron chi connectivity index (χ1n) is 6.73. The fraction of sp³-hybridized carbons (Fsp3) is 0.357. The molecule has 0 spiro atoms. The number of hydrogen-bond acceptors (Lipinski definition) is 5. The standard InChI is InChI=1S/C14H15N3O2S2/c18-12-4-6-16-14-17(12)8-10(9-21-14)13(19)15-5-3-11-2-1-7-20-11/h1-2,4,6-7,10H,3,5,8-9H2,(H,15,19). The van der Waals surface area contributed by atoms with Crippen LogP contribution >= 0.6 is 23.1 Å². The van der Waals surface area contributed by atoms with Crippen molar-refractivity contribution in [2.24, 2.45) is 5.92 Å². The van der Waals surface area contributed by atoms with E-state index in [4.69, 9.17) is 0 Å². The van der Waals surface area contributed by atoms with Gasteiger partial charge < -0.3 is 5.32 Å². The number of nitrogens with one attached hydrogen (secondary N) is 1. The molecule has 0 saturated heterocycles. The lowest BCUT2D eigenvalue weighted by molar-refractivity contribution is -0.124. The summed E-state index contributed by atoms with van der Waals surface area (Å²) in [5.74, 6) is 0.509. The summed E-state index contributed by atoms with van der Waals surface area (Å²) >= 11 is 3.16. The minimum absolute atomic E-state index is 0.0143. The topological polar surface area (TPSA) is 64.0 Å². The molecule has 3 heterocycles. The van der Waals surface area contributed by atoms with E-state index in [0.29, 0.717) is 24.0 Å². The third-order valence-corrected chi connectivity index (χ3v) is 5.43. The van der Waals surface area contributed by atoms with Gasteiger partial charge in [0.1, 0.15) is 0 Å². The zero-order chi connectivity index (χ0) is 14.7. The van der Waals surface area contributed by atoms with Gasteiger partial charge in [0, 0.05) is 36.0 Å². The fourth-order valence-corrected chi connectivity index (χ4v) is 3.99. The maximum Gasteiger partial charge on any atom is 0.254 e. The Kier molecular flexibility index (Phi) is 4.40. The molecular weight excluding hydrogens is 306 g/mol. The summed E-state index contributed by atoms with van der Waals surface area (Å²) in [5, 5.41) is 5.69. The van der Waals surface area contributed by atoms with Crippen LogP contribution in [0.3, 0.4) is 0 Å².